The molecule has 2 aromatic carbocycles. The average Bonchev–Trinajstić information content (AvgIpc) is 2.76. The Hall–Kier alpha value is -2.92. The Morgan fingerprint density at radius 2 is 0.968 bits per heavy atom. The largest absolute Gasteiger partial charge is 0.469 e. The number of carbonyl (C=O) groups is 2. The van der Waals surface area contributed by atoms with Crippen LogP contribution in [0.1, 0.15) is 12.8 Å². The van der Waals surface area contributed by atoms with Crippen LogP contribution in [0.2, 0.25) is 0 Å². The van der Waals surface area contributed by atoms with Gasteiger partial charge in [-0.1, -0.05) is 0 Å². The maximum Gasteiger partial charge on any atom is 0.306 e. The normalized spacial score (nSPS) is 11.5. The SMILES string of the molecule is COC(=O)CCS(=O)(=O)c1ccc(Oc2ccc(S(=O)(=O)CCC(=O)OC)cc2)cc1. The molecule has 0 saturated heterocycles. The van der Waals surface area contributed by atoms with Gasteiger partial charge in [0.2, 0.25) is 0 Å². The van der Waals surface area contributed by atoms with Crippen molar-refractivity contribution in [1.82, 2.24) is 0 Å². The summed E-state index contributed by atoms with van der Waals surface area (Å²) in [5.41, 5.74) is 0. The summed E-state index contributed by atoms with van der Waals surface area (Å²) in [7, 11) is -4.92. The van der Waals surface area contributed by atoms with E-state index >= 15 is 0 Å². The Kier molecular flexibility index (Phi) is 8.17. The lowest BCUT2D eigenvalue weighted by molar-refractivity contribution is -0.141. The minimum absolute atomic E-state index is 0.0378. The van der Waals surface area contributed by atoms with Gasteiger partial charge in [-0.3, -0.25) is 9.59 Å². The van der Waals surface area contributed by atoms with Gasteiger partial charge in [0.25, 0.3) is 0 Å². The number of carbonyl (C=O) groups excluding carboxylic acids is 2. The van der Waals surface area contributed by atoms with Crippen molar-refractivity contribution < 1.29 is 40.6 Å². The monoisotopic (exact) mass is 470 g/mol. The van der Waals surface area contributed by atoms with Crippen LogP contribution in [0.25, 0.3) is 0 Å². The second-order valence-corrected chi connectivity index (χ2v) is 10.6. The molecule has 9 nitrogen and oxygen atoms in total. The highest BCUT2D eigenvalue weighted by Crippen LogP contribution is 2.25. The van der Waals surface area contributed by atoms with Crippen molar-refractivity contribution in [2.24, 2.45) is 0 Å². The molecule has 168 valence electrons. The smallest absolute Gasteiger partial charge is 0.306 e. The van der Waals surface area contributed by atoms with Crippen molar-refractivity contribution in [3.63, 3.8) is 0 Å². The molecule has 0 aliphatic heterocycles. The fraction of sp³-hybridized carbons (Fsp3) is 0.300. The van der Waals surface area contributed by atoms with Gasteiger partial charge in [-0.2, -0.15) is 0 Å². The van der Waals surface area contributed by atoms with Gasteiger partial charge in [0.15, 0.2) is 19.7 Å². The van der Waals surface area contributed by atoms with Gasteiger partial charge in [-0.25, -0.2) is 16.8 Å². The van der Waals surface area contributed by atoms with Crippen LogP contribution < -0.4 is 4.74 Å². The second-order valence-electron chi connectivity index (χ2n) is 6.33. The molecular formula is C20H22O9S2. The van der Waals surface area contributed by atoms with Gasteiger partial charge in [0.1, 0.15) is 11.5 Å². The van der Waals surface area contributed by atoms with Crippen LogP contribution in [0, 0.1) is 0 Å². The molecule has 0 fully saturated rings. The molecule has 0 heterocycles. The highest BCUT2D eigenvalue weighted by Gasteiger charge is 2.18. The summed E-state index contributed by atoms with van der Waals surface area (Å²) in [6, 6.07) is 11.2. The highest BCUT2D eigenvalue weighted by atomic mass is 32.2. The zero-order valence-corrected chi connectivity index (χ0v) is 18.6. The molecule has 0 spiro atoms. The number of esters is 2. The number of hydrogen-bond acceptors (Lipinski definition) is 9. The lowest BCUT2D eigenvalue weighted by atomic mass is 10.3. The molecule has 2 rings (SSSR count). The number of methoxy groups -OCH3 is 2. The predicted octanol–water partition coefficient (Wildman–Crippen LogP) is 2.15. The molecule has 0 amide bonds. The van der Waals surface area contributed by atoms with Gasteiger partial charge in [-0.15, -0.1) is 0 Å². The van der Waals surface area contributed by atoms with E-state index in [4.69, 9.17) is 4.74 Å². The van der Waals surface area contributed by atoms with Crippen molar-refractivity contribution >= 4 is 31.6 Å². The Balaban J connectivity index is 2.04. The second kappa shape index (κ2) is 10.4. The Labute approximate surface area is 180 Å². The van der Waals surface area contributed by atoms with E-state index in [0.29, 0.717) is 11.5 Å². The molecule has 0 saturated carbocycles. The van der Waals surface area contributed by atoms with E-state index in [9.17, 15) is 26.4 Å². The fourth-order valence-corrected chi connectivity index (χ4v) is 4.89. The molecule has 0 N–H and O–H groups in total. The Morgan fingerprint density at radius 1 is 0.645 bits per heavy atom. The zero-order chi connectivity index (χ0) is 23.1. The summed E-state index contributed by atoms with van der Waals surface area (Å²) in [4.78, 5) is 22.4. The van der Waals surface area contributed by atoms with Gasteiger partial charge < -0.3 is 14.2 Å². The van der Waals surface area contributed by atoms with E-state index in [0.717, 1.165) is 0 Å². The topological polar surface area (TPSA) is 130 Å². The fourth-order valence-electron chi connectivity index (χ4n) is 2.44. The number of hydrogen-bond donors (Lipinski definition) is 0. The van der Waals surface area contributed by atoms with Crippen LogP contribution in [0.3, 0.4) is 0 Å². The highest BCUT2D eigenvalue weighted by molar-refractivity contribution is 7.91. The van der Waals surface area contributed by atoms with Crippen molar-refractivity contribution in [3.8, 4) is 11.5 Å². The Bertz CT molecular complexity index is 1030. The molecule has 0 bridgehead atoms. The average molecular weight is 471 g/mol. The van der Waals surface area contributed by atoms with Crippen molar-refractivity contribution in [2.75, 3.05) is 25.7 Å². The van der Waals surface area contributed by atoms with Crippen LogP contribution in [0.5, 0.6) is 11.5 Å². The predicted molar refractivity (Wildman–Crippen MR) is 110 cm³/mol. The summed E-state index contributed by atoms with van der Waals surface area (Å²) in [6.07, 6.45) is -0.488. The minimum Gasteiger partial charge on any atom is -0.469 e. The molecule has 11 heteroatoms. The minimum atomic E-state index is -3.65. The zero-order valence-electron chi connectivity index (χ0n) is 16.9. The summed E-state index contributed by atoms with van der Waals surface area (Å²) in [6.45, 7) is 0. The molecule has 2 aromatic rings. The van der Waals surface area contributed by atoms with Crippen LogP contribution in [-0.2, 0) is 38.7 Å². The van der Waals surface area contributed by atoms with Gasteiger partial charge in [0.05, 0.1) is 48.4 Å². The van der Waals surface area contributed by atoms with E-state index < -0.39 is 31.6 Å². The lowest BCUT2D eigenvalue weighted by Gasteiger charge is -2.09. The molecule has 0 radical (unpaired) electrons. The van der Waals surface area contributed by atoms with E-state index in [1.807, 2.05) is 0 Å². The maximum absolute atomic E-state index is 12.2. The summed E-state index contributed by atoms with van der Waals surface area (Å²) >= 11 is 0. The van der Waals surface area contributed by atoms with Crippen molar-refractivity contribution in [3.05, 3.63) is 48.5 Å². The molecule has 0 aliphatic carbocycles. The molecule has 0 aliphatic rings. The number of sulfone groups is 2. The van der Waals surface area contributed by atoms with Gasteiger partial charge in [-0.05, 0) is 48.5 Å². The van der Waals surface area contributed by atoms with E-state index in [1.165, 1.54) is 62.8 Å². The first-order chi connectivity index (χ1) is 14.6. The van der Waals surface area contributed by atoms with Crippen molar-refractivity contribution in [1.29, 1.82) is 0 Å². The lowest BCUT2D eigenvalue weighted by Crippen LogP contribution is -2.12. The van der Waals surface area contributed by atoms with Crippen LogP contribution in [-0.4, -0.2) is 54.5 Å². The molecule has 0 unspecified atom stereocenters. The Morgan fingerprint density at radius 3 is 1.26 bits per heavy atom. The molecule has 31 heavy (non-hydrogen) atoms. The number of benzene rings is 2. The molecular weight excluding hydrogens is 448 g/mol. The third-order valence-electron chi connectivity index (χ3n) is 4.21. The third kappa shape index (κ3) is 7.07. The molecule has 0 atom stereocenters. The van der Waals surface area contributed by atoms with Crippen molar-refractivity contribution in [2.45, 2.75) is 22.6 Å². The summed E-state index contributed by atoms with van der Waals surface area (Å²) < 4.78 is 63.4. The first-order valence-corrected chi connectivity index (χ1v) is 12.3. The maximum atomic E-state index is 12.2. The summed E-state index contributed by atoms with van der Waals surface area (Å²) in [5.74, 6) is -1.28. The molecule has 0 aromatic heterocycles. The van der Waals surface area contributed by atoms with Gasteiger partial charge >= 0.3 is 11.9 Å². The standard InChI is InChI=1S/C20H22O9S2/c1-27-19(21)11-13-30(23,24)17-7-3-15(4-8-17)29-16-5-9-18(10-6-16)31(25,26)14-12-20(22)28-2/h3-10H,11-14H2,1-2H3. The number of ether oxygens (including phenoxy) is 3. The van der Waals surface area contributed by atoms with Gasteiger partial charge in [0, 0.05) is 0 Å². The third-order valence-corrected chi connectivity index (χ3v) is 7.67. The van der Waals surface area contributed by atoms with Crippen LogP contribution in [0.4, 0.5) is 0 Å². The van der Waals surface area contributed by atoms with Crippen LogP contribution >= 0.6 is 0 Å². The quantitative estimate of drug-likeness (QED) is 0.479. The van der Waals surface area contributed by atoms with Crippen LogP contribution in [0.15, 0.2) is 58.3 Å². The van der Waals surface area contributed by atoms with E-state index in [-0.39, 0.29) is 34.1 Å². The van der Waals surface area contributed by atoms with E-state index in [1.54, 1.807) is 0 Å². The first-order valence-electron chi connectivity index (χ1n) is 9.04. The first kappa shape index (κ1) is 24.4. The number of rotatable bonds is 10. The van der Waals surface area contributed by atoms with E-state index in [2.05, 4.69) is 9.47 Å². The summed E-state index contributed by atoms with van der Waals surface area (Å²) in [5, 5.41) is 0.